The summed E-state index contributed by atoms with van der Waals surface area (Å²) in [6.45, 7) is 2.95. The van der Waals surface area contributed by atoms with Gasteiger partial charge in [0.1, 0.15) is 11.8 Å². The molecule has 2 rings (SSSR count). The molecule has 0 aliphatic carbocycles. The minimum atomic E-state index is -0.257. The van der Waals surface area contributed by atoms with Gasteiger partial charge in [-0.15, -0.1) is 0 Å². The lowest BCUT2D eigenvalue weighted by atomic mass is 10.1. The Balaban J connectivity index is 2.21. The lowest BCUT2D eigenvalue weighted by Crippen LogP contribution is -2.24. The van der Waals surface area contributed by atoms with Crippen molar-refractivity contribution in [3.05, 3.63) is 51.9 Å². The number of hydrogen-bond donors (Lipinski definition) is 2. The Morgan fingerprint density at radius 3 is 3.00 bits per heavy atom. The largest absolute Gasteiger partial charge is 0.463 e. The molecule has 1 amide bonds. The first-order chi connectivity index (χ1) is 10.1. The fourth-order valence-electron chi connectivity index (χ4n) is 1.91. The van der Waals surface area contributed by atoms with Crippen molar-refractivity contribution >= 4 is 23.0 Å². The van der Waals surface area contributed by atoms with Crippen LogP contribution in [0.2, 0.25) is 0 Å². The molecule has 1 heterocycles. The van der Waals surface area contributed by atoms with Gasteiger partial charge in [0.05, 0.1) is 10.9 Å². The molecule has 21 heavy (non-hydrogen) atoms. The first kappa shape index (κ1) is 15.0. The van der Waals surface area contributed by atoms with Gasteiger partial charge in [0, 0.05) is 12.6 Å². The van der Waals surface area contributed by atoms with E-state index in [0.29, 0.717) is 29.6 Å². The number of nitrogens with two attached hydrogens (primary N) is 1. The van der Waals surface area contributed by atoms with Gasteiger partial charge in [-0.1, -0.05) is 11.6 Å². The van der Waals surface area contributed by atoms with Crippen LogP contribution in [0.1, 0.15) is 17.5 Å². The predicted molar refractivity (Wildman–Crippen MR) is 82.9 cm³/mol. The van der Waals surface area contributed by atoms with Gasteiger partial charge in [-0.3, -0.25) is 9.59 Å². The highest BCUT2D eigenvalue weighted by atomic mass is 16.3. The van der Waals surface area contributed by atoms with Crippen molar-refractivity contribution < 1.29 is 9.21 Å². The second kappa shape index (κ2) is 6.85. The molecule has 0 unspecified atom stereocenters. The summed E-state index contributed by atoms with van der Waals surface area (Å²) in [4.78, 5) is 23.8. The van der Waals surface area contributed by atoms with E-state index < -0.39 is 0 Å². The van der Waals surface area contributed by atoms with E-state index in [1.54, 1.807) is 12.1 Å². The first-order valence-corrected chi connectivity index (χ1v) is 6.80. The number of amides is 1. The number of rotatable bonds is 5. The van der Waals surface area contributed by atoms with Crippen LogP contribution in [0.15, 0.2) is 39.7 Å². The third-order valence-electron chi connectivity index (χ3n) is 3.05. The summed E-state index contributed by atoms with van der Waals surface area (Å²) in [6.07, 6.45) is 4.87. The molecule has 0 aliphatic rings. The summed E-state index contributed by atoms with van der Waals surface area (Å²) >= 11 is 0. The number of hydrogen-bond acceptors (Lipinski definition) is 4. The SMILES string of the molecule is Cc1ccc2occ(/C=C/C(=O)NCCCN)c(=O)c2c1. The molecule has 0 saturated heterocycles. The van der Waals surface area contributed by atoms with Gasteiger partial charge in [-0.05, 0) is 38.1 Å². The van der Waals surface area contributed by atoms with Gasteiger partial charge < -0.3 is 15.5 Å². The normalized spacial score (nSPS) is 11.1. The number of benzene rings is 1. The van der Waals surface area contributed by atoms with E-state index in [1.165, 1.54) is 18.4 Å². The number of carbonyl (C=O) groups excluding carboxylic acids is 1. The fourth-order valence-corrected chi connectivity index (χ4v) is 1.91. The molecule has 0 fully saturated rings. The third-order valence-corrected chi connectivity index (χ3v) is 3.05. The predicted octanol–water partition coefficient (Wildman–Crippen LogP) is 1.58. The van der Waals surface area contributed by atoms with E-state index in [2.05, 4.69) is 5.32 Å². The van der Waals surface area contributed by atoms with E-state index in [-0.39, 0.29) is 11.3 Å². The van der Waals surface area contributed by atoms with E-state index in [0.717, 1.165) is 12.0 Å². The molecule has 110 valence electrons. The summed E-state index contributed by atoms with van der Waals surface area (Å²) in [6, 6.07) is 5.42. The smallest absolute Gasteiger partial charge is 0.244 e. The molecule has 5 nitrogen and oxygen atoms in total. The van der Waals surface area contributed by atoms with Crippen LogP contribution in [-0.2, 0) is 4.79 Å². The number of aryl methyl sites for hydroxylation is 1. The zero-order valence-corrected chi connectivity index (χ0v) is 11.9. The first-order valence-electron chi connectivity index (χ1n) is 6.80. The van der Waals surface area contributed by atoms with E-state index in [1.807, 2.05) is 13.0 Å². The van der Waals surface area contributed by atoms with Crippen LogP contribution < -0.4 is 16.5 Å². The molecule has 0 spiro atoms. The van der Waals surface area contributed by atoms with Crippen molar-refractivity contribution in [2.24, 2.45) is 5.73 Å². The minimum absolute atomic E-state index is 0.147. The lowest BCUT2D eigenvalue weighted by molar-refractivity contribution is -0.116. The maximum atomic E-state index is 12.3. The van der Waals surface area contributed by atoms with E-state index >= 15 is 0 Å². The molecule has 0 bridgehead atoms. The van der Waals surface area contributed by atoms with Crippen LogP contribution >= 0.6 is 0 Å². The average molecular weight is 286 g/mol. The number of carbonyl (C=O) groups is 1. The van der Waals surface area contributed by atoms with Gasteiger partial charge in [-0.25, -0.2) is 0 Å². The highest BCUT2D eigenvalue weighted by molar-refractivity contribution is 5.92. The molecule has 0 saturated carbocycles. The number of fused-ring (bicyclic) bond motifs is 1. The van der Waals surface area contributed by atoms with E-state index in [4.69, 9.17) is 10.2 Å². The van der Waals surface area contributed by atoms with Gasteiger partial charge in [0.25, 0.3) is 0 Å². The fraction of sp³-hybridized carbons (Fsp3) is 0.250. The molecular formula is C16H18N2O3. The minimum Gasteiger partial charge on any atom is -0.463 e. The van der Waals surface area contributed by atoms with Crippen molar-refractivity contribution in [1.82, 2.24) is 5.32 Å². The Labute approximate surface area is 122 Å². The van der Waals surface area contributed by atoms with Gasteiger partial charge in [0.15, 0.2) is 5.43 Å². The second-order valence-corrected chi connectivity index (χ2v) is 4.79. The van der Waals surface area contributed by atoms with Crippen molar-refractivity contribution in [3.63, 3.8) is 0 Å². The van der Waals surface area contributed by atoms with Gasteiger partial charge in [-0.2, -0.15) is 0 Å². The second-order valence-electron chi connectivity index (χ2n) is 4.79. The molecule has 0 aliphatic heterocycles. The summed E-state index contributed by atoms with van der Waals surface area (Å²) < 4.78 is 5.41. The summed E-state index contributed by atoms with van der Waals surface area (Å²) in [5.74, 6) is -0.257. The van der Waals surface area contributed by atoms with Crippen LogP contribution in [0.4, 0.5) is 0 Å². The molecule has 0 radical (unpaired) electrons. The Kier molecular flexibility index (Phi) is 4.90. The monoisotopic (exact) mass is 286 g/mol. The molecule has 5 heteroatoms. The van der Waals surface area contributed by atoms with Crippen molar-refractivity contribution in [2.45, 2.75) is 13.3 Å². The van der Waals surface area contributed by atoms with Gasteiger partial charge in [0.2, 0.25) is 5.91 Å². The van der Waals surface area contributed by atoms with Crippen LogP contribution in [0.5, 0.6) is 0 Å². The van der Waals surface area contributed by atoms with Crippen molar-refractivity contribution in [1.29, 1.82) is 0 Å². The molecule has 1 aromatic heterocycles. The average Bonchev–Trinajstić information content (AvgIpc) is 2.47. The summed E-state index contributed by atoms with van der Waals surface area (Å²) in [5, 5.41) is 3.20. The Bertz CT molecular complexity index is 732. The van der Waals surface area contributed by atoms with Crippen LogP contribution in [-0.4, -0.2) is 19.0 Å². The highest BCUT2D eigenvalue weighted by Crippen LogP contribution is 2.13. The standard InChI is InChI=1S/C16H18N2O3/c1-11-3-5-14-13(9-11)16(20)12(10-21-14)4-6-15(19)18-8-2-7-17/h3-6,9-10H,2,7-8,17H2,1H3,(H,18,19)/b6-4+. The third kappa shape index (κ3) is 3.79. The maximum Gasteiger partial charge on any atom is 0.244 e. The van der Waals surface area contributed by atoms with Crippen molar-refractivity contribution in [3.8, 4) is 0 Å². The van der Waals surface area contributed by atoms with Crippen molar-refractivity contribution in [2.75, 3.05) is 13.1 Å². The zero-order chi connectivity index (χ0) is 15.2. The zero-order valence-electron chi connectivity index (χ0n) is 11.9. The summed E-state index contributed by atoms with van der Waals surface area (Å²) in [5.41, 5.74) is 7.06. The lowest BCUT2D eigenvalue weighted by Gasteiger charge is -2.01. The molecular weight excluding hydrogens is 268 g/mol. The molecule has 1 aromatic carbocycles. The van der Waals surface area contributed by atoms with Crippen LogP contribution in [0, 0.1) is 6.92 Å². The topological polar surface area (TPSA) is 85.3 Å². The quantitative estimate of drug-likeness (QED) is 0.645. The Hall–Kier alpha value is -2.40. The Morgan fingerprint density at radius 2 is 2.24 bits per heavy atom. The molecule has 3 N–H and O–H groups in total. The highest BCUT2D eigenvalue weighted by Gasteiger charge is 2.05. The number of nitrogens with one attached hydrogen (secondary N) is 1. The Morgan fingerprint density at radius 1 is 1.43 bits per heavy atom. The molecule has 2 aromatic rings. The maximum absolute atomic E-state index is 12.3. The van der Waals surface area contributed by atoms with E-state index in [9.17, 15) is 9.59 Å². The van der Waals surface area contributed by atoms with Crippen LogP contribution in [0.3, 0.4) is 0 Å². The van der Waals surface area contributed by atoms with Crippen LogP contribution in [0.25, 0.3) is 17.0 Å². The van der Waals surface area contributed by atoms with Gasteiger partial charge >= 0.3 is 0 Å². The molecule has 0 atom stereocenters. The summed E-state index contributed by atoms with van der Waals surface area (Å²) in [7, 11) is 0.